The fraction of sp³-hybridized carbons (Fsp3) is 0.667. The average Bonchev–Trinajstić information content (AvgIpc) is 2.08. The largest absolute Gasteiger partial charge is 0.375 e. The number of hydrogen-bond donors (Lipinski definition) is 1. The van der Waals surface area contributed by atoms with Crippen molar-refractivity contribution in [2.45, 2.75) is 19.8 Å². The maximum atomic E-state index is 11.6. The van der Waals surface area contributed by atoms with E-state index in [1.165, 1.54) is 0 Å². The maximum Gasteiger partial charge on any atom is 0.261 e. The first kappa shape index (κ1) is 13.0. The first-order valence-corrected chi connectivity index (χ1v) is 4.29. The molecule has 82 valence electrons. The summed E-state index contributed by atoms with van der Waals surface area (Å²) in [6.07, 6.45) is -2.38. The van der Waals surface area contributed by atoms with Crippen LogP contribution in [0.1, 0.15) is 13.3 Å². The van der Waals surface area contributed by atoms with Gasteiger partial charge in [0.15, 0.2) is 0 Å². The van der Waals surface area contributed by atoms with Gasteiger partial charge in [0.05, 0.1) is 6.61 Å². The summed E-state index contributed by atoms with van der Waals surface area (Å²) in [5.41, 5.74) is 0.840. The molecule has 0 spiro atoms. The van der Waals surface area contributed by atoms with E-state index in [0.717, 1.165) is 5.57 Å². The number of nitrogens with one attached hydrogen (secondary N) is 1. The van der Waals surface area contributed by atoms with E-state index in [2.05, 4.69) is 16.6 Å². The minimum Gasteiger partial charge on any atom is -0.375 e. The van der Waals surface area contributed by atoms with E-state index in [1.54, 1.807) is 6.92 Å². The monoisotopic (exact) mass is 207 g/mol. The lowest BCUT2D eigenvalue weighted by Crippen LogP contribution is -2.26. The summed E-state index contributed by atoms with van der Waals surface area (Å²) >= 11 is 0. The van der Waals surface area contributed by atoms with Crippen molar-refractivity contribution in [2.75, 3.05) is 19.8 Å². The van der Waals surface area contributed by atoms with E-state index in [-0.39, 0.29) is 18.9 Å². The predicted octanol–water partition coefficient (Wildman–Crippen LogP) is 1.35. The van der Waals surface area contributed by atoms with E-state index < -0.39 is 13.0 Å². The molecular weight excluding hydrogens is 192 g/mol. The Bertz CT molecular complexity index is 195. The maximum absolute atomic E-state index is 11.6. The van der Waals surface area contributed by atoms with Crippen molar-refractivity contribution in [3.05, 3.63) is 12.2 Å². The highest BCUT2D eigenvalue weighted by molar-refractivity contribution is 5.76. The summed E-state index contributed by atoms with van der Waals surface area (Å²) in [6, 6.07) is 0. The Kier molecular flexibility index (Phi) is 6.92. The van der Waals surface area contributed by atoms with Crippen LogP contribution in [0.2, 0.25) is 0 Å². The van der Waals surface area contributed by atoms with Gasteiger partial charge < -0.3 is 10.1 Å². The van der Waals surface area contributed by atoms with Gasteiger partial charge in [0.25, 0.3) is 6.43 Å². The highest BCUT2D eigenvalue weighted by Crippen LogP contribution is 1.93. The van der Waals surface area contributed by atoms with Crippen LogP contribution in [0.4, 0.5) is 8.78 Å². The number of hydrogen-bond acceptors (Lipinski definition) is 2. The van der Waals surface area contributed by atoms with Gasteiger partial charge in [-0.05, 0) is 6.92 Å². The normalized spacial score (nSPS) is 10.3. The molecule has 5 heteroatoms. The quantitative estimate of drug-likeness (QED) is 0.505. The lowest BCUT2D eigenvalue weighted by atomic mass is 10.3. The van der Waals surface area contributed by atoms with Crippen molar-refractivity contribution in [2.24, 2.45) is 0 Å². The van der Waals surface area contributed by atoms with Gasteiger partial charge >= 0.3 is 0 Å². The Balaban J connectivity index is 3.31. The fourth-order valence-corrected chi connectivity index (χ4v) is 0.675. The van der Waals surface area contributed by atoms with Crippen molar-refractivity contribution in [3.8, 4) is 0 Å². The van der Waals surface area contributed by atoms with Crippen molar-refractivity contribution in [1.29, 1.82) is 0 Å². The Labute approximate surface area is 82.1 Å². The Morgan fingerprint density at radius 1 is 1.57 bits per heavy atom. The SMILES string of the molecule is C=C(C)CNC(=O)CCOCC(F)F. The van der Waals surface area contributed by atoms with Gasteiger partial charge in [0.2, 0.25) is 5.91 Å². The van der Waals surface area contributed by atoms with Crippen LogP contribution in [-0.2, 0) is 9.53 Å². The summed E-state index contributed by atoms with van der Waals surface area (Å²) in [5, 5.41) is 2.56. The highest BCUT2D eigenvalue weighted by Gasteiger charge is 2.04. The molecule has 0 bridgehead atoms. The molecule has 0 aliphatic carbocycles. The molecule has 0 fully saturated rings. The van der Waals surface area contributed by atoms with Gasteiger partial charge in [-0.1, -0.05) is 12.2 Å². The lowest BCUT2D eigenvalue weighted by Gasteiger charge is -2.05. The third-order valence-electron chi connectivity index (χ3n) is 1.30. The van der Waals surface area contributed by atoms with E-state index in [4.69, 9.17) is 0 Å². The van der Waals surface area contributed by atoms with Gasteiger partial charge in [-0.25, -0.2) is 8.78 Å². The molecule has 0 aromatic heterocycles. The first-order chi connectivity index (χ1) is 6.52. The van der Waals surface area contributed by atoms with Gasteiger partial charge in [0, 0.05) is 13.0 Å². The van der Waals surface area contributed by atoms with Crippen molar-refractivity contribution >= 4 is 5.91 Å². The Hall–Kier alpha value is -0.970. The van der Waals surface area contributed by atoms with Crippen LogP contribution in [-0.4, -0.2) is 32.1 Å². The molecule has 0 heterocycles. The van der Waals surface area contributed by atoms with Crippen LogP contribution in [0.15, 0.2) is 12.2 Å². The van der Waals surface area contributed by atoms with Gasteiger partial charge in [-0.3, -0.25) is 4.79 Å². The molecule has 0 saturated heterocycles. The smallest absolute Gasteiger partial charge is 0.261 e. The summed E-state index contributed by atoms with van der Waals surface area (Å²) < 4.78 is 27.7. The zero-order chi connectivity index (χ0) is 11.0. The second kappa shape index (κ2) is 7.44. The summed E-state index contributed by atoms with van der Waals surface area (Å²) in [4.78, 5) is 11.0. The molecule has 0 aromatic rings. The summed E-state index contributed by atoms with van der Waals surface area (Å²) in [7, 11) is 0. The standard InChI is InChI=1S/C9H15F2NO2/c1-7(2)5-12-9(13)3-4-14-6-8(10)11/h8H,1,3-6H2,2H3,(H,12,13). The van der Waals surface area contributed by atoms with E-state index in [9.17, 15) is 13.6 Å². The van der Waals surface area contributed by atoms with E-state index in [0.29, 0.717) is 6.54 Å². The molecule has 1 amide bonds. The van der Waals surface area contributed by atoms with Gasteiger partial charge in [-0.2, -0.15) is 0 Å². The van der Waals surface area contributed by atoms with Crippen LogP contribution in [0.5, 0.6) is 0 Å². The number of ether oxygens (including phenoxy) is 1. The van der Waals surface area contributed by atoms with Crippen LogP contribution in [0.3, 0.4) is 0 Å². The molecule has 1 N–H and O–H groups in total. The Morgan fingerprint density at radius 2 is 2.21 bits per heavy atom. The molecular formula is C9H15F2NO2. The molecule has 0 aromatic carbocycles. The van der Waals surface area contributed by atoms with Crippen molar-refractivity contribution < 1.29 is 18.3 Å². The Morgan fingerprint density at radius 3 is 2.71 bits per heavy atom. The van der Waals surface area contributed by atoms with Crippen LogP contribution in [0, 0.1) is 0 Å². The number of halogens is 2. The summed E-state index contributed by atoms with van der Waals surface area (Å²) in [5.74, 6) is -0.220. The number of carbonyl (C=O) groups is 1. The highest BCUT2D eigenvalue weighted by atomic mass is 19.3. The molecule has 14 heavy (non-hydrogen) atoms. The third-order valence-corrected chi connectivity index (χ3v) is 1.30. The van der Waals surface area contributed by atoms with Crippen LogP contribution < -0.4 is 5.32 Å². The minimum atomic E-state index is -2.48. The second-order valence-corrected chi connectivity index (χ2v) is 2.95. The fourth-order valence-electron chi connectivity index (χ4n) is 0.675. The second-order valence-electron chi connectivity index (χ2n) is 2.95. The lowest BCUT2D eigenvalue weighted by molar-refractivity contribution is -0.122. The van der Waals surface area contributed by atoms with Crippen LogP contribution in [0.25, 0.3) is 0 Å². The molecule has 0 saturated carbocycles. The molecule has 0 aliphatic heterocycles. The van der Waals surface area contributed by atoms with Crippen LogP contribution >= 0.6 is 0 Å². The van der Waals surface area contributed by atoms with E-state index in [1.807, 2.05) is 0 Å². The number of carbonyl (C=O) groups excluding carboxylic acids is 1. The van der Waals surface area contributed by atoms with Crippen molar-refractivity contribution in [3.63, 3.8) is 0 Å². The van der Waals surface area contributed by atoms with Gasteiger partial charge in [-0.15, -0.1) is 0 Å². The third kappa shape index (κ3) is 9.12. The first-order valence-electron chi connectivity index (χ1n) is 4.29. The molecule has 0 radical (unpaired) electrons. The van der Waals surface area contributed by atoms with Gasteiger partial charge in [0.1, 0.15) is 6.61 Å². The number of alkyl halides is 2. The molecule has 0 aliphatic rings. The number of rotatable bonds is 7. The molecule has 3 nitrogen and oxygen atoms in total. The molecule has 0 atom stereocenters. The average molecular weight is 207 g/mol. The van der Waals surface area contributed by atoms with E-state index >= 15 is 0 Å². The zero-order valence-electron chi connectivity index (χ0n) is 8.19. The number of amides is 1. The zero-order valence-corrected chi connectivity index (χ0v) is 8.19. The minimum absolute atomic E-state index is 0.0202. The summed E-state index contributed by atoms with van der Waals surface area (Å²) in [6.45, 7) is 5.20. The molecule has 0 rings (SSSR count). The van der Waals surface area contributed by atoms with Crippen molar-refractivity contribution in [1.82, 2.24) is 5.32 Å². The predicted molar refractivity (Wildman–Crippen MR) is 49.3 cm³/mol. The molecule has 0 unspecified atom stereocenters. The topological polar surface area (TPSA) is 38.3 Å².